The first-order chi connectivity index (χ1) is 7.28. The number of rotatable bonds is 2. The zero-order valence-corrected chi connectivity index (χ0v) is 9.50. The number of allylic oxidation sites excluding steroid dienone is 1. The number of carbonyl (C=O) groups excluding carboxylic acids is 1. The number of esters is 1. The molecule has 1 saturated carbocycles. The van der Waals surface area contributed by atoms with Crippen LogP contribution in [0.3, 0.4) is 0 Å². The van der Waals surface area contributed by atoms with Gasteiger partial charge in [0.1, 0.15) is 0 Å². The van der Waals surface area contributed by atoms with Crippen LogP contribution in [-0.4, -0.2) is 12.6 Å². The second kappa shape index (κ2) is 4.38. The van der Waals surface area contributed by atoms with E-state index in [0.29, 0.717) is 6.61 Å². The van der Waals surface area contributed by atoms with Crippen molar-refractivity contribution in [3.63, 3.8) is 0 Å². The molecule has 1 spiro atoms. The van der Waals surface area contributed by atoms with E-state index in [4.69, 9.17) is 4.74 Å². The molecule has 0 bridgehead atoms. The SMILES string of the molecule is CCOC(=O)C1C=CCCC12CCCC2. The van der Waals surface area contributed by atoms with Crippen molar-refractivity contribution in [2.75, 3.05) is 6.61 Å². The topological polar surface area (TPSA) is 26.3 Å². The summed E-state index contributed by atoms with van der Waals surface area (Å²) >= 11 is 0. The van der Waals surface area contributed by atoms with Gasteiger partial charge in [-0.25, -0.2) is 0 Å². The molecular weight excluding hydrogens is 188 g/mol. The Labute approximate surface area is 91.7 Å². The van der Waals surface area contributed by atoms with E-state index < -0.39 is 0 Å². The monoisotopic (exact) mass is 208 g/mol. The van der Waals surface area contributed by atoms with Gasteiger partial charge in [-0.1, -0.05) is 25.0 Å². The first-order valence-electron chi connectivity index (χ1n) is 6.12. The van der Waals surface area contributed by atoms with Gasteiger partial charge in [0.25, 0.3) is 0 Å². The molecule has 0 saturated heterocycles. The second-order valence-corrected chi connectivity index (χ2v) is 4.77. The van der Waals surface area contributed by atoms with Crippen molar-refractivity contribution in [3.05, 3.63) is 12.2 Å². The van der Waals surface area contributed by atoms with Gasteiger partial charge in [0, 0.05) is 0 Å². The maximum atomic E-state index is 11.9. The fraction of sp³-hybridized carbons (Fsp3) is 0.769. The molecule has 2 rings (SSSR count). The van der Waals surface area contributed by atoms with Crippen LogP contribution in [0, 0.1) is 11.3 Å². The highest BCUT2D eigenvalue weighted by Crippen LogP contribution is 2.50. The molecule has 1 atom stereocenters. The summed E-state index contributed by atoms with van der Waals surface area (Å²) in [7, 11) is 0. The minimum Gasteiger partial charge on any atom is -0.466 e. The molecule has 1 unspecified atom stereocenters. The van der Waals surface area contributed by atoms with Crippen LogP contribution in [0.5, 0.6) is 0 Å². The molecule has 2 aliphatic rings. The van der Waals surface area contributed by atoms with Crippen LogP contribution in [0.4, 0.5) is 0 Å². The van der Waals surface area contributed by atoms with E-state index in [9.17, 15) is 4.79 Å². The number of carbonyl (C=O) groups is 1. The molecule has 1 fully saturated rings. The van der Waals surface area contributed by atoms with Crippen molar-refractivity contribution in [1.29, 1.82) is 0 Å². The predicted octanol–water partition coefficient (Wildman–Crippen LogP) is 3.08. The lowest BCUT2D eigenvalue weighted by atomic mass is 9.68. The van der Waals surface area contributed by atoms with E-state index in [-0.39, 0.29) is 17.3 Å². The molecule has 0 aliphatic heterocycles. The zero-order chi connectivity index (χ0) is 10.7. The molecule has 0 aromatic carbocycles. The minimum absolute atomic E-state index is 0.00431. The molecule has 0 amide bonds. The summed E-state index contributed by atoms with van der Waals surface area (Å²) in [5.41, 5.74) is 0.251. The summed E-state index contributed by atoms with van der Waals surface area (Å²) in [6.07, 6.45) is 11.5. The molecule has 15 heavy (non-hydrogen) atoms. The van der Waals surface area contributed by atoms with Crippen LogP contribution in [0.25, 0.3) is 0 Å². The summed E-state index contributed by atoms with van der Waals surface area (Å²) < 4.78 is 5.18. The quantitative estimate of drug-likeness (QED) is 0.515. The van der Waals surface area contributed by atoms with Crippen LogP contribution in [0.15, 0.2) is 12.2 Å². The summed E-state index contributed by atoms with van der Waals surface area (Å²) in [6.45, 7) is 2.38. The summed E-state index contributed by atoms with van der Waals surface area (Å²) in [5.74, 6) is 0.0315. The van der Waals surface area contributed by atoms with E-state index >= 15 is 0 Å². The third kappa shape index (κ3) is 1.95. The summed E-state index contributed by atoms with van der Waals surface area (Å²) in [4.78, 5) is 11.9. The standard InChI is InChI=1S/C13H20O2/c1-2-15-12(14)11-7-3-4-8-13(11)9-5-6-10-13/h3,7,11H,2,4-6,8-10H2,1H3. The first kappa shape index (κ1) is 10.7. The van der Waals surface area contributed by atoms with Crippen LogP contribution >= 0.6 is 0 Å². The van der Waals surface area contributed by atoms with Crippen molar-refractivity contribution in [2.45, 2.75) is 45.4 Å². The highest BCUT2D eigenvalue weighted by molar-refractivity contribution is 5.75. The van der Waals surface area contributed by atoms with E-state index in [1.165, 1.54) is 32.1 Å². The molecule has 0 aromatic heterocycles. The Bertz CT molecular complexity index is 262. The van der Waals surface area contributed by atoms with Gasteiger partial charge >= 0.3 is 5.97 Å². The normalized spacial score (nSPS) is 28.2. The molecule has 0 aromatic rings. The number of ether oxygens (including phenoxy) is 1. The molecule has 2 nitrogen and oxygen atoms in total. The predicted molar refractivity (Wildman–Crippen MR) is 59.4 cm³/mol. The molecule has 0 N–H and O–H groups in total. The van der Waals surface area contributed by atoms with Crippen molar-refractivity contribution < 1.29 is 9.53 Å². The Balaban J connectivity index is 2.15. The lowest BCUT2D eigenvalue weighted by Gasteiger charge is -2.36. The van der Waals surface area contributed by atoms with Crippen molar-refractivity contribution >= 4 is 5.97 Å². The highest BCUT2D eigenvalue weighted by Gasteiger charge is 2.44. The highest BCUT2D eigenvalue weighted by atomic mass is 16.5. The Morgan fingerprint density at radius 1 is 1.40 bits per heavy atom. The Morgan fingerprint density at radius 2 is 2.13 bits per heavy atom. The molecule has 2 heteroatoms. The lowest BCUT2D eigenvalue weighted by Crippen LogP contribution is -2.35. The average molecular weight is 208 g/mol. The fourth-order valence-corrected chi connectivity index (χ4v) is 3.16. The number of hydrogen-bond acceptors (Lipinski definition) is 2. The number of hydrogen-bond donors (Lipinski definition) is 0. The van der Waals surface area contributed by atoms with Crippen molar-refractivity contribution in [3.8, 4) is 0 Å². The van der Waals surface area contributed by atoms with Gasteiger partial charge in [-0.3, -0.25) is 4.79 Å². The molecule has 0 radical (unpaired) electrons. The molecular formula is C13H20O2. The van der Waals surface area contributed by atoms with Gasteiger partial charge in [-0.05, 0) is 38.0 Å². The van der Waals surface area contributed by atoms with Crippen LogP contribution in [0.2, 0.25) is 0 Å². The molecule has 84 valence electrons. The fourth-order valence-electron chi connectivity index (χ4n) is 3.16. The lowest BCUT2D eigenvalue weighted by molar-refractivity contribution is -0.151. The Morgan fingerprint density at radius 3 is 2.80 bits per heavy atom. The average Bonchev–Trinajstić information content (AvgIpc) is 2.68. The molecule has 2 aliphatic carbocycles. The summed E-state index contributed by atoms with van der Waals surface area (Å²) in [6, 6.07) is 0. The molecule has 0 heterocycles. The van der Waals surface area contributed by atoms with Crippen molar-refractivity contribution in [1.82, 2.24) is 0 Å². The zero-order valence-electron chi connectivity index (χ0n) is 9.50. The van der Waals surface area contributed by atoms with Gasteiger partial charge in [0.2, 0.25) is 0 Å². The first-order valence-corrected chi connectivity index (χ1v) is 6.12. The van der Waals surface area contributed by atoms with Crippen LogP contribution in [-0.2, 0) is 9.53 Å². The van der Waals surface area contributed by atoms with Gasteiger partial charge in [-0.2, -0.15) is 0 Å². The maximum Gasteiger partial charge on any atom is 0.313 e. The maximum absolute atomic E-state index is 11.9. The smallest absolute Gasteiger partial charge is 0.313 e. The van der Waals surface area contributed by atoms with Gasteiger partial charge < -0.3 is 4.74 Å². The third-order valence-electron chi connectivity index (χ3n) is 3.94. The van der Waals surface area contributed by atoms with Gasteiger partial charge in [0.05, 0.1) is 12.5 Å². The van der Waals surface area contributed by atoms with E-state index in [1.54, 1.807) is 0 Å². The largest absolute Gasteiger partial charge is 0.466 e. The van der Waals surface area contributed by atoms with E-state index in [1.807, 2.05) is 6.92 Å². The summed E-state index contributed by atoms with van der Waals surface area (Å²) in [5, 5.41) is 0. The second-order valence-electron chi connectivity index (χ2n) is 4.77. The van der Waals surface area contributed by atoms with E-state index in [0.717, 1.165) is 6.42 Å². The van der Waals surface area contributed by atoms with Crippen molar-refractivity contribution in [2.24, 2.45) is 11.3 Å². The Kier molecular flexibility index (Phi) is 3.13. The van der Waals surface area contributed by atoms with Gasteiger partial charge in [0.15, 0.2) is 0 Å². The van der Waals surface area contributed by atoms with Gasteiger partial charge in [-0.15, -0.1) is 0 Å². The van der Waals surface area contributed by atoms with E-state index in [2.05, 4.69) is 12.2 Å². The Hall–Kier alpha value is -0.790. The minimum atomic E-state index is -0.00431. The van der Waals surface area contributed by atoms with Crippen LogP contribution < -0.4 is 0 Å². The van der Waals surface area contributed by atoms with Crippen LogP contribution in [0.1, 0.15) is 45.4 Å². The third-order valence-corrected chi connectivity index (χ3v) is 3.94.